The van der Waals surface area contributed by atoms with Crippen LogP contribution in [0.2, 0.25) is 0 Å². The number of benzene rings is 1. The topological polar surface area (TPSA) is 93.7 Å². The number of hydrogen-bond acceptors (Lipinski definition) is 6. The van der Waals surface area contributed by atoms with E-state index in [1.165, 1.54) is 0 Å². The molecular formula is C19H31ClN2O5S. The number of ether oxygens (including phenoxy) is 2. The van der Waals surface area contributed by atoms with Gasteiger partial charge in [0, 0.05) is 6.26 Å². The molecule has 2 rings (SSSR count). The van der Waals surface area contributed by atoms with Gasteiger partial charge in [-0.25, -0.2) is 8.42 Å². The SMILES string of the molecule is COc1cc(C(C)NC(=O)C2(S(C)(=O)=O)CCNCC2)ccc1OC(C)C.Cl. The maximum absolute atomic E-state index is 12.9. The monoisotopic (exact) mass is 434 g/mol. The van der Waals surface area contributed by atoms with Gasteiger partial charge in [0.15, 0.2) is 26.1 Å². The molecule has 9 heteroatoms. The maximum atomic E-state index is 12.9. The maximum Gasteiger partial charge on any atom is 0.242 e. The molecule has 0 saturated carbocycles. The van der Waals surface area contributed by atoms with E-state index in [4.69, 9.17) is 9.47 Å². The van der Waals surface area contributed by atoms with E-state index in [2.05, 4.69) is 10.6 Å². The van der Waals surface area contributed by atoms with Crippen LogP contribution in [0, 0.1) is 0 Å². The van der Waals surface area contributed by atoms with E-state index >= 15 is 0 Å². The second-order valence-electron chi connectivity index (χ2n) is 7.29. The Morgan fingerprint density at radius 3 is 2.29 bits per heavy atom. The minimum atomic E-state index is -3.54. The fraction of sp³-hybridized carbons (Fsp3) is 0.632. The Morgan fingerprint density at radius 2 is 1.79 bits per heavy atom. The van der Waals surface area contributed by atoms with E-state index in [-0.39, 0.29) is 37.4 Å². The fourth-order valence-corrected chi connectivity index (χ4v) is 4.65. The Bertz CT molecular complexity index is 777. The Kier molecular flexibility index (Phi) is 8.59. The predicted octanol–water partition coefficient (Wildman–Crippen LogP) is 2.25. The van der Waals surface area contributed by atoms with Crippen LogP contribution in [0.15, 0.2) is 18.2 Å². The summed E-state index contributed by atoms with van der Waals surface area (Å²) in [5, 5.41) is 6.00. The largest absolute Gasteiger partial charge is 0.493 e. The molecule has 1 aromatic carbocycles. The number of hydrogen-bond donors (Lipinski definition) is 2. The lowest BCUT2D eigenvalue weighted by atomic mass is 9.95. The van der Waals surface area contributed by atoms with Gasteiger partial charge >= 0.3 is 0 Å². The van der Waals surface area contributed by atoms with Gasteiger partial charge in [-0.15, -0.1) is 12.4 Å². The van der Waals surface area contributed by atoms with Crippen molar-refractivity contribution in [3.63, 3.8) is 0 Å². The summed E-state index contributed by atoms with van der Waals surface area (Å²) < 4.78 is 34.5. The summed E-state index contributed by atoms with van der Waals surface area (Å²) >= 11 is 0. The third-order valence-corrected chi connectivity index (χ3v) is 6.95. The molecule has 1 unspecified atom stereocenters. The summed E-state index contributed by atoms with van der Waals surface area (Å²) in [4.78, 5) is 12.9. The first-order valence-electron chi connectivity index (χ1n) is 9.16. The molecule has 1 amide bonds. The lowest BCUT2D eigenvalue weighted by molar-refractivity contribution is -0.125. The number of halogens is 1. The highest BCUT2D eigenvalue weighted by molar-refractivity contribution is 7.92. The second kappa shape index (κ2) is 9.80. The molecule has 1 aliphatic rings. The molecule has 0 aliphatic carbocycles. The van der Waals surface area contributed by atoms with Crippen LogP contribution in [0.4, 0.5) is 0 Å². The Morgan fingerprint density at radius 1 is 1.18 bits per heavy atom. The van der Waals surface area contributed by atoms with Gasteiger partial charge in [-0.05, 0) is 64.4 Å². The number of methoxy groups -OCH3 is 1. The molecule has 28 heavy (non-hydrogen) atoms. The number of rotatable bonds is 7. The lowest BCUT2D eigenvalue weighted by Crippen LogP contribution is -2.57. The van der Waals surface area contributed by atoms with Gasteiger partial charge in [0.1, 0.15) is 0 Å². The normalized spacial score (nSPS) is 17.4. The molecule has 1 heterocycles. The van der Waals surface area contributed by atoms with E-state index in [1.807, 2.05) is 26.8 Å². The fourth-order valence-electron chi connectivity index (χ4n) is 3.31. The van der Waals surface area contributed by atoms with Crippen molar-refractivity contribution in [3.8, 4) is 11.5 Å². The van der Waals surface area contributed by atoms with Crippen LogP contribution in [-0.2, 0) is 14.6 Å². The van der Waals surface area contributed by atoms with E-state index in [0.29, 0.717) is 24.6 Å². The molecule has 1 saturated heterocycles. The van der Waals surface area contributed by atoms with Crippen LogP contribution in [0.25, 0.3) is 0 Å². The standard InChI is InChI=1S/C19H30N2O5S.ClH/c1-13(2)26-16-7-6-15(12-17(16)25-4)14(3)21-18(22)19(27(5,23)24)8-10-20-11-9-19;/h6-7,12-14,20H,8-11H2,1-5H3,(H,21,22);1H. The number of carbonyl (C=O) groups excluding carboxylic acids is 1. The van der Waals surface area contributed by atoms with Gasteiger partial charge < -0.3 is 20.1 Å². The van der Waals surface area contributed by atoms with Gasteiger partial charge in [-0.1, -0.05) is 6.07 Å². The Hall–Kier alpha value is -1.51. The Labute approximate surface area is 173 Å². The van der Waals surface area contributed by atoms with Gasteiger partial charge in [0.2, 0.25) is 5.91 Å². The van der Waals surface area contributed by atoms with Crippen LogP contribution in [0.5, 0.6) is 11.5 Å². The van der Waals surface area contributed by atoms with Crippen LogP contribution >= 0.6 is 12.4 Å². The number of carbonyl (C=O) groups is 1. The van der Waals surface area contributed by atoms with E-state index in [9.17, 15) is 13.2 Å². The minimum absolute atomic E-state index is 0. The van der Waals surface area contributed by atoms with E-state index in [0.717, 1.165) is 11.8 Å². The smallest absolute Gasteiger partial charge is 0.242 e. The zero-order valence-electron chi connectivity index (χ0n) is 17.1. The summed E-state index contributed by atoms with van der Waals surface area (Å²) in [6, 6.07) is 5.08. The van der Waals surface area contributed by atoms with Gasteiger partial charge in [-0.3, -0.25) is 4.79 Å². The molecule has 0 spiro atoms. The van der Waals surface area contributed by atoms with Crippen molar-refractivity contribution in [2.75, 3.05) is 26.5 Å². The lowest BCUT2D eigenvalue weighted by Gasteiger charge is -2.35. The summed E-state index contributed by atoms with van der Waals surface area (Å²) in [6.45, 7) is 6.69. The van der Waals surface area contributed by atoms with Crippen LogP contribution in [0.1, 0.15) is 45.2 Å². The highest BCUT2D eigenvalue weighted by Crippen LogP contribution is 2.32. The zero-order valence-corrected chi connectivity index (χ0v) is 18.7. The highest BCUT2D eigenvalue weighted by Gasteiger charge is 2.48. The van der Waals surface area contributed by atoms with Crippen molar-refractivity contribution >= 4 is 28.2 Å². The number of amides is 1. The second-order valence-corrected chi connectivity index (χ2v) is 9.61. The summed E-state index contributed by atoms with van der Waals surface area (Å²) in [5.74, 6) is 0.753. The molecule has 0 bridgehead atoms. The quantitative estimate of drug-likeness (QED) is 0.683. The average Bonchev–Trinajstić information content (AvgIpc) is 2.61. The molecule has 1 fully saturated rings. The zero-order chi connectivity index (χ0) is 20.2. The first kappa shape index (κ1) is 24.5. The first-order chi connectivity index (χ1) is 12.6. The molecular weight excluding hydrogens is 404 g/mol. The van der Waals surface area contributed by atoms with Gasteiger partial charge in [0.05, 0.1) is 19.3 Å². The van der Waals surface area contributed by atoms with Crippen molar-refractivity contribution in [1.29, 1.82) is 0 Å². The van der Waals surface area contributed by atoms with E-state index < -0.39 is 20.5 Å². The molecule has 0 radical (unpaired) electrons. The van der Waals surface area contributed by atoms with Crippen LogP contribution < -0.4 is 20.1 Å². The summed E-state index contributed by atoms with van der Waals surface area (Å²) in [7, 11) is -1.99. The van der Waals surface area contributed by atoms with Crippen molar-refractivity contribution in [2.24, 2.45) is 0 Å². The molecule has 7 nitrogen and oxygen atoms in total. The average molecular weight is 435 g/mol. The summed E-state index contributed by atoms with van der Waals surface area (Å²) in [6.07, 6.45) is 1.70. The van der Waals surface area contributed by atoms with Gasteiger partial charge in [-0.2, -0.15) is 0 Å². The molecule has 160 valence electrons. The number of nitrogens with one attached hydrogen (secondary N) is 2. The van der Waals surface area contributed by atoms with Crippen LogP contribution in [0.3, 0.4) is 0 Å². The molecule has 2 N–H and O–H groups in total. The first-order valence-corrected chi connectivity index (χ1v) is 11.1. The third-order valence-electron chi connectivity index (χ3n) is 4.93. The van der Waals surface area contributed by atoms with Crippen molar-refractivity contribution in [1.82, 2.24) is 10.6 Å². The van der Waals surface area contributed by atoms with Gasteiger partial charge in [0.25, 0.3) is 0 Å². The molecule has 1 aromatic rings. The third kappa shape index (κ3) is 5.30. The van der Waals surface area contributed by atoms with Crippen molar-refractivity contribution in [3.05, 3.63) is 23.8 Å². The minimum Gasteiger partial charge on any atom is -0.493 e. The predicted molar refractivity (Wildman–Crippen MR) is 112 cm³/mol. The van der Waals surface area contributed by atoms with Crippen molar-refractivity contribution < 1.29 is 22.7 Å². The van der Waals surface area contributed by atoms with E-state index in [1.54, 1.807) is 19.2 Å². The Balaban J connectivity index is 0.00000392. The molecule has 0 aromatic heterocycles. The molecule has 1 atom stereocenters. The van der Waals surface area contributed by atoms with Crippen molar-refractivity contribution in [2.45, 2.75) is 50.5 Å². The number of sulfone groups is 1. The van der Waals surface area contributed by atoms with Crippen LogP contribution in [-0.4, -0.2) is 51.6 Å². The molecule has 1 aliphatic heterocycles. The summed E-state index contributed by atoms with van der Waals surface area (Å²) in [5.41, 5.74) is 0.814. The highest BCUT2D eigenvalue weighted by atomic mass is 35.5. The number of piperidine rings is 1.